The first-order valence-corrected chi connectivity index (χ1v) is 13.0. The van der Waals surface area contributed by atoms with Crippen LogP contribution in [0.25, 0.3) is 11.0 Å². The zero-order chi connectivity index (χ0) is 26.5. The fraction of sp³-hybridized carbons (Fsp3) is 0.120. The average Bonchev–Trinajstić information content (AvgIpc) is 3.28. The smallest absolute Gasteiger partial charge is 0.307 e. The average molecular weight is 699 g/mol. The number of halogens is 3. The molecule has 4 rings (SSSR count). The van der Waals surface area contributed by atoms with Gasteiger partial charge in [0.1, 0.15) is 12.2 Å². The molecule has 0 unspecified atom stereocenters. The quantitative estimate of drug-likeness (QED) is 0.0863. The van der Waals surface area contributed by atoms with Gasteiger partial charge in [-0.25, -0.2) is 5.43 Å². The number of fused-ring (bicyclic) bond motifs is 1. The van der Waals surface area contributed by atoms with Crippen LogP contribution in [0, 0.1) is 13.7 Å². The van der Waals surface area contributed by atoms with Gasteiger partial charge in [0, 0.05) is 22.0 Å². The van der Waals surface area contributed by atoms with E-state index in [2.05, 4.69) is 49.0 Å². The zero-order valence-electron chi connectivity index (χ0n) is 19.2. The minimum absolute atomic E-state index is 0.00401. The lowest BCUT2D eigenvalue weighted by Gasteiger charge is -2.14. The third kappa shape index (κ3) is 6.59. The summed E-state index contributed by atoms with van der Waals surface area (Å²) >= 11 is 12.0. The number of nitrogens with zero attached hydrogens (tertiary/aromatic N) is 2. The van der Waals surface area contributed by atoms with Crippen LogP contribution >= 0.6 is 50.1 Å². The molecule has 0 fully saturated rings. The lowest BCUT2D eigenvalue weighted by molar-refractivity contribution is -0.384. The van der Waals surface area contributed by atoms with E-state index >= 15 is 0 Å². The van der Waals surface area contributed by atoms with Gasteiger partial charge in [0.05, 0.1) is 26.3 Å². The molecule has 1 N–H and O–H groups in total. The molecule has 0 atom stereocenters. The number of carbonyl (C=O) groups excluding carboxylic acids is 1. The van der Waals surface area contributed by atoms with E-state index in [4.69, 9.17) is 25.5 Å². The number of non-ortho nitro benzene ring substituents is 1. The van der Waals surface area contributed by atoms with Crippen LogP contribution in [-0.2, 0) is 6.61 Å². The summed E-state index contributed by atoms with van der Waals surface area (Å²) in [6.45, 7) is 2.32. The Balaban J connectivity index is 1.46. The number of ether oxygens (including phenoxy) is 2. The van der Waals surface area contributed by atoms with Crippen molar-refractivity contribution in [3.8, 4) is 11.5 Å². The van der Waals surface area contributed by atoms with Crippen LogP contribution in [0.5, 0.6) is 11.5 Å². The molecule has 0 aliphatic heterocycles. The Morgan fingerprint density at radius 3 is 2.68 bits per heavy atom. The van der Waals surface area contributed by atoms with Gasteiger partial charge in [-0.3, -0.25) is 14.9 Å². The molecule has 0 radical (unpaired) electrons. The molecular weight excluding hydrogens is 681 g/mol. The maximum absolute atomic E-state index is 12.5. The third-order valence-corrected chi connectivity index (χ3v) is 6.54. The van der Waals surface area contributed by atoms with Gasteiger partial charge in [0.15, 0.2) is 17.3 Å². The molecule has 0 bridgehead atoms. The molecule has 3 aromatic carbocycles. The van der Waals surface area contributed by atoms with Crippen LogP contribution in [0.1, 0.15) is 28.6 Å². The van der Waals surface area contributed by atoms with E-state index in [0.717, 1.165) is 19.0 Å². The van der Waals surface area contributed by atoms with Crippen LogP contribution < -0.4 is 14.9 Å². The summed E-state index contributed by atoms with van der Waals surface area (Å²) in [5, 5.41) is 15.9. The fourth-order valence-corrected chi connectivity index (χ4v) is 5.28. The van der Waals surface area contributed by atoms with Crippen molar-refractivity contribution in [1.29, 1.82) is 0 Å². The molecule has 0 aliphatic carbocycles. The molecule has 4 aromatic rings. The molecule has 1 heterocycles. The standard InChI is InChI=1S/C25H18BrClIN3O6/c1-2-35-21-8-15(7-19(27)24(21)36-13-14-3-5-18(6-4-14)31(33)34)12-29-30-25(32)22-10-16-9-17(26)11-20(28)23(16)37-22/h3-12H,2,13H2,1H3,(H,30,32)/b29-12-. The Labute approximate surface area is 238 Å². The fourth-order valence-electron chi connectivity index (χ4n) is 3.34. The first-order chi connectivity index (χ1) is 17.7. The number of amides is 1. The number of nitrogens with one attached hydrogen (secondary N) is 1. The van der Waals surface area contributed by atoms with E-state index in [-0.39, 0.29) is 23.1 Å². The number of furan rings is 1. The van der Waals surface area contributed by atoms with E-state index in [1.807, 2.05) is 19.1 Å². The second-order valence-electron chi connectivity index (χ2n) is 7.59. The molecule has 9 nitrogen and oxygen atoms in total. The first kappa shape index (κ1) is 26.9. The van der Waals surface area contributed by atoms with Crippen molar-refractivity contribution < 1.29 is 23.6 Å². The predicted molar refractivity (Wildman–Crippen MR) is 152 cm³/mol. The van der Waals surface area contributed by atoms with E-state index in [0.29, 0.717) is 29.3 Å². The Kier molecular flexibility index (Phi) is 8.67. The van der Waals surface area contributed by atoms with E-state index in [9.17, 15) is 14.9 Å². The highest BCUT2D eigenvalue weighted by atomic mass is 127. The SMILES string of the molecule is CCOc1cc(/C=N\NC(=O)c2cc3cc(Br)cc(I)c3o2)cc(Cl)c1OCc1ccc([N+](=O)[O-])cc1. The van der Waals surface area contributed by atoms with Gasteiger partial charge in [0.2, 0.25) is 0 Å². The predicted octanol–water partition coefficient (Wildman–Crippen LogP) is 7.10. The van der Waals surface area contributed by atoms with Gasteiger partial charge < -0.3 is 13.9 Å². The number of benzene rings is 3. The first-order valence-electron chi connectivity index (χ1n) is 10.8. The van der Waals surface area contributed by atoms with Gasteiger partial charge in [-0.1, -0.05) is 27.5 Å². The summed E-state index contributed by atoms with van der Waals surface area (Å²) in [5.41, 5.74) is 4.36. The number of hydrogen-bond acceptors (Lipinski definition) is 7. The van der Waals surface area contributed by atoms with Crippen molar-refractivity contribution >= 4 is 78.9 Å². The van der Waals surface area contributed by atoms with E-state index in [1.165, 1.54) is 18.3 Å². The molecule has 12 heteroatoms. The van der Waals surface area contributed by atoms with Crippen LogP contribution in [0.2, 0.25) is 5.02 Å². The number of hydrazone groups is 1. The second kappa shape index (κ2) is 11.9. The zero-order valence-corrected chi connectivity index (χ0v) is 23.7. The van der Waals surface area contributed by atoms with Crippen molar-refractivity contribution in [3.63, 3.8) is 0 Å². The van der Waals surface area contributed by atoms with E-state index in [1.54, 1.807) is 30.3 Å². The minimum Gasteiger partial charge on any atom is -0.490 e. The molecule has 37 heavy (non-hydrogen) atoms. The van der Waals surface area contributed by atoms with Crippen LogP contribution in [0.3, 0.4) is 0 Å². The lowest BCUT2D eigenvalue weighted by Crippen LogP contribution is -2.16. The number of rotatable bonds is 9. The Morgan fingerprint density at radius 2 is 1.97 bits per heavy atom. The number of nitro groups is 1. The highest BCUT2D eigenvalue weighted by Gasteiger charge is 2.15. The second-order valence-corrected chi connectivity index (χ2v) is 10.1. The number of hydrogen-bond donors (Lipinski definition) is 1. The maximum Gasteiger partial charge on any atom is 0.307 e. The molecule has 0 spiro atoms. The van der Waals surface area contributed by atoms with Crippen molar-refractivity contribution in [2.24, 2.45) is 5.10 Å². The monoisotopic (exact) mass is 697 g/mol. The third-order valence-electron chi connectivity index (χ3n) is 5.00. The number of nitro benzene ring substituents is 1. The largest absolute Gasteiger partial charge is 0.490 e. The van der Waals surface area contributed by atoms with Crippen LogP contribution in [-0.4, -0.2) is 23.7 Å². The van der Waals surface area contributed by atoms with Crippen molar-refractivity contribution in [3.05, 3.63) is 94.7 Å². The Bertz CT molecular complexity index is 1510. The van der Waals surface area contributed by atoms with Gasteiger partial charge >= 0.3 is 5.91 Å². The van der Waals surface area contributed by atoms with E-state index < -0.39 is 10.8 Å². The van der Waals surface area contributed by atoms with Gasteiger partial charge in [-0.15, -0.1) is 0 Å². The summed E-state index contributed by atoms with van der Waals surface area (Å²) in [6.07, 6.45) is 1.43. The Morgan fingerprint density at radius 1 is 1.22 bits per heavy atom. The van der Waals surface area contributed by atoms with Gasteiger partial charge in [0.25, 0.3) is 5.69 Å². The lowest BCUT2D eigenvalue weighted by atomic mass is 10.2. The number of carbonyl (C=O) groups is 1. The maximum atomic E-state index is 12.5. The molecular formula is C25H18BrClIN3O6. The van der Waals surface area contributed by atoms with Crippen LogP contribution in [0.15, 0.2) is 68.6 Å². The highest BCUT2D eigenvalue weighted by molar-refractivity contribution is 14.1. The molecule has 190 valence electrons. The summed E-state index contributed by atoms with van der Waals surface area (Å²) in [5.74, 6) is 0.345. The highest BCUT2D eigenvalue weighted by Crippen LogP contribution is 2.37. The van der Waals surface area contributed by atoms with Gasteiger partial charge in [-0.2, -0.15) is 5.10 Å². The molecule has 0 saturated carbocycles. The van der Waals surface area contributed by atoms with Crippen LogP contribution in [0.4, 0.5) is 5.69 Å². The van der Waals surface area contributed by atoms with Gasteiger partial charge in [-0.05, 0) is 83.1 Å². The summed E-state index contributed by atoms with van der Waals surface area (Å²) in [7, 11) is 0. The Hall–Kier alpha value is -3.16. The van der Waals surface area contributed by atoms with Crippen molar-refractivity contribution in [2.45, 2.75) is 13.5 Å². The van der Waals surface area contributed by atoms with Crippen molar-refractivity contribution in [1.82, 2.24) is 5.43 Å². The molecule has 1 amide bonds. The molecule has 0 saturated heterocycles. The normalized spacial score (nSPS) is 11.1. The topological polar surface area (TPSA) is 116 Å². The molecule has 1 aromatic heterocycles. The summed E-state index contributed by atoms with van der Waals surface area (Å²) in [4.78, 5) is 22.9. The molecule has 0 aliphatic rings. The van der Waals surface area contributed by atoms with Crippen molar-refractivity contribution in [2.75, 3.05) is 6.61 Å². The summed E-state index contributed by atoms with van der Waals surface area (Å²) in [6, 6.07) is 14.7. The minimum atomic E-state index is -0.501. The summed E-state index contributed by atoms with van der Waals surface area (Å²) < 4.78 is 19.0.